The second kappa shape index (κ2) is 15.3. The van der Waals surface area contributed by atoms with E-state index in [1.165, 1.54) is 89.9 Å². The normalized spacial score (nSPS) is 21.9. The molecular weight excluding hydrogens is 351 g/mol. The Balaban J connectivity index is 1.78. The number of unbranched alkanes of at least 4 members (excludes halogenated alkanes) is 13. The Morgan fingerprint density at radius 3 is 1.64 bits per heavy atom. The molecule has 0 N–H and O–H groups in total. The van der Waals surface area contributed by atoms with Gasteiger partial charge in [0.15, 0.2) is 0 Å². The van der Waals surface area contributed by atoms with Gasteiger partial charge in [0.25, 0.3) is 0 Å². The van der Waals surface area contributed by atoms with Gasteiger partial charge in [0.1, 0.15) is 12.2 Å². The van der Waals surface area contributed by atoms with E-state index in [4.69, 9.17) is 27.9 Å². The van der Waals surface area contributed by atoms with Crippen LogP contribution in [-0.4, -0.2) is 23.0 Å². The van der Waals surface area contributed by atoms with Crippen LogP contribution in [-0.2, 0) is 4.74 Å². The van der Waals surface area contributed by atoms with Crippen molar-refractivity contribution in [2.45, 2.75) is 126 Å². The quantitative estimate of drug-likeness (QED) is 0.0997. The lowest BCUT2D eigenvalue weighted by Crippen LogP contribution is -2.22. The maximum Gasteiger partial charge on any atom is 0.106 e. The molecule has 0 aromatic rings. The maximum absolute atomic E-state index is 6.39. The molecule has 1 aliphatic heterocycles. The fraction of sp³-hybridized carbons (Fsp3) is 0.909. The van der Waals surface area contributed by atoms with Crippen molar-refractivity contribution in [1.29, 1.82) is 0 Å². The minimum Gasteiger partial charge on any atom is -0.364 e. The summed E-state index contributed by atoms with van der Waals surface area (Å²) in [5.74, 6) is 0. The van der Waals surface area contributed by atoms with Crippen molar-refractivity contribution in [3.8, 4) is 0 Å². The Hall–Kier alpha value is 0.280. The predicted octanol–water partition coefficient (Wildman–Crippen LogP) is 8.03. The van der Waals surface area contributed by atoms with Gasteiger partial charge in [-0.3, -0.25) is 0 Å². The number of hydrogen-bond donors (Lipinski definition) is 0. The van der Waals surface area contributed by atoms with Crippen LogP contribution >= 0.6 is 23.2 Å². The summed E-state index contributed by atoms with van der Waals surface area (Å²) in [5, 5.41) is -0.0550. The topological polar surface area (TPSA) is 12.5 Å². The Labute approximate surface area is 166 Å². The molecule has 25 heavy (non-hydrogen) atoms. The molecule has 4 atom stereocenters. The van der Waals surface area contributed by atoms with Gasteiger partial charge < -0.3 is 4.74 Å². The maximum atomic E-state index is 6.39. The van der Waals surface area contributed by atoms with E-state index in [0.717, 1.165) is 6.42 Å². The van der Waals surface area contributed by atoms with Crippen LogP contribution in [0.1, 0.15) is 103 Å². The molecule has 0 unspecified atom stereocenters. The highest BCUT2D eigenvalue weighted by atomic mass is 35.5. The zero-order valence-electron chi connectivity index (χ0n) is 16.4. The molecule has 0 saturated carbocycles. The average Bonchev–Trinajstić information content (AvgIpc) is 3.41. The zero-order chi connectivity index (χ0) is 18.3. The molecule has 1 heterocycles. The molecule has 0 aromatic carbocycles. The molecule has 0 aliphatic carbocycles. The fourth-order valence-electron chi connectivity index (χ4n) is 3.48. The van der Waals surface area contributed by atoms with Crippen molar-refractivity contribution in [1.82, 2.24) is 0 Å². The van der Waals surface area contributed by atoms with Crippen LogP contribution in [0.2, 0.25) is 0 Å². The van der Waals surface area contributed by atoms with Gasteiger partial charge in [-0.25, -0.2) is 0 Å². The van der Waals surface area contributed by atoms with Crippen LogP contribution in [0.15, 0.2) is 12.7 Å². The van der Waals surface area contributed by atoms with Gasteiger partial charge in [-0.2, -0.15) is 0 Å². The summed E-state index contributed by atoms with van der Waals surface area (Å²) in [7, 11) is 0. The highest BCUT2D eigenvalue weighted by molar-refractivity contribution is 6.30. The number of epoxide rings is 1. The molecule has 0 radical (unpaired) electrons. The smallest absolute Gasteiger partial charge is 0.106 e. The third kappa shape index (κ3) is 11.6. The highest BCUT2D eigenvalue weighted by Crippen LogP contribution is 2.34. The Kier molecular flexibility index (Phi) is 14.3. The zero-order valence-corrected chi connectivity index (χ0v) is 17.9. The summed E-state index contributed by atoms with van der Waals surface area (Å²) in [6.07, 6.45) is 22.4. The number of alkyl halides is 2. The van der Waals surface area contributed by atoms with Crippen LogP contribution < -0.4 is 0 Å². The van der Waals surface area contributed by atoms with Gasteiger partial charge in [0, 0.05) is 0 Å². The molecule has 0 bridgehead atoms. The van der Waals surface area contributed by atoms with E-state index in [0.29, 0.717) is 0 Å². The van der Waals surface area contributed by atoms with E-state index in [-0.39, 0.29) is 23.0 Å². The van der Waals surface area contributed by atoms with Gasteiger partial charge in [0.2, 0.25) is 0 Å². The van der Waals surface area contributed by atoms with Crippen LogP contribution in [0.25, 0.3) is 0 Å². The van der Waals surface area contributed by atoms with E-state index in [2.05, 4.69) is 13.5 Å². The molecule has 1 rings (SSSR count). The Morgan fingerprint density at radius 1 is 0.800 bits per heavy atom. The molecule has 1 aliphatic rings. The van der Waals surface area contributed by atoms with E-state index in [1.54, 1.807) is 0 Å². The predicted molar refractivity (Wildman–Crippen MR) is 113 cm³/mol. The van der Waals surface area contributed by atoms with Crippen LogP contribution in [0, 0.1) is 0 Å². The van der Waals surface area contributed by atoms with E-state index in [1.807, 2.05) is 6.08 Å². The minimum atomic E-state index is -0.0772. The monoisotopic (exact) mass is 390 g/mol. The highest BCUT2D eigenvalue weighted by Gasteiger charge is 2.44. The number of rotatable bonds is 18. The summed E-state index contributed by atoms with van der Waals surface area (Å²) in [4.78, 5) is 0. The first-order valence-electron chi connectivity index (χ1n) is 10.8. The lowest BCUT2D eigenvalue weighted by molar-refractivity contribution is 0.376. The lowest BCUT2D eigenvalue weighted by atomic mass is 10.0. The SMILES string of the molecule is C=C[C@@H]1O[C@@H]1[C@H](Cl)[C@H](Cl)CCCCCCCCCCCCCCCC. The van der Waals surface area contributed by atoms with Crippen molar-refractivity contribution < 1.29 is 4.74 Å². The summed E-state index contributed by atoms with van der Waals surface area (Å²) >= 11 is 12.7. The average molecular weight is 391 g/mol. The van der Waals surface area contributed by atoms with Crippen LogP contribution in [0.3, 0.4) is 0 Å². The second-order valence-electron chi connectivity index (χ2n) is 7.65. The molecule has 148 valence electrons. The third-order valence-electron chi connectivity index (χ3n) is 5.29. The number of ether oxygens (including phenoxy) is 1. The van der Waals surface area contributed by atoms with Gasteiger partial charge in [-0.05, 0) is 6.42 Å². The standard InChI is InChI=1S/C22H40Cl2O/c1-3-5-6-7-8-9-10-11-12-13-14-15-16-17-18-19(23)21(24)22-20(4-2)25-22/h4,19-22H,2-3,5-18H2,1H3/t19-,20+,21-,22+/m1/s1. The van der Waals surface area contributed by atoms with Crippen LogP contribution in [0.4, 0.5) is 0 Å². The lowest BCUT2D eigenvalue weighted by Gasteiger charge is -2.13. The molecule has 0 amide bonds. The van der Waals surface area contributed by atoms with Crippen LogP contribution in [0.5, 0.6) is 0 Å². The van der Waals surface area contributed by atoms with Crippen molar-refractivity contribution in [3.05, 3.63) is 12.7 Å². The minimum absolute atomic E-state index is 0.0222. The largest absolute Gasteiger partial charge is 0.364 e. The number of halogens is 2. The third-order valence-corrected chi connectivity index (χ3v) is 6.46. The first-order valence-corrected chi connectivity index (χ1v) is 11.6. The van der Waals surface area contributed by atoms with Gasteiger partial charge in [0.05, 0.1) is 10.8 Å². The summed E-state index contributed by atoms with van der Waals surface area (Å²) < 4.78 is 5.44. The van der Waals surface area contributed by atoms with Gasteiger partial charge in [-0.1, -0.05) is 103 Å². The van der Waals surface area contributed by atoms with Crippen molar-refractivity contribution in [3.63, 3.8) is 0 Å². The summed E-state index contributed by atoms with van der Waals surface area (Å²) in [6, 6.07) is 0. The molecular formula is C22H40Cl2O. The van der Waals surface area contributed by atoms with Gasteiger partial charge >= 0.3 is 0 Å². The fourth-order valence-corrected chi connectivity index (χ4v) is 4.11. The van der Waals surface area contributed by atoms with Crippen molar-refractivity contribution in [2.24, 2.45) is 0 Å². The van der Waals surface area contributed by atoms with E-state index >= 15 is 0 Å². The molecule has 1 saturated heterocycles. The first kappa shape index (κ1) is 23.3. The second-order valence-corrected chi connectivity index (χ2v) is 8.71. The summed E-state index contributed by atoms with van der Waals surface area (Å²) in [6.45, 7) is 6.01. The first-order chi connectivity index (χ1) is 12.2. The van der Waals surface area contributed by atoms with Crippen molar-refractivity contribution >= 4 is 23.2 Å². The Morgan fingerprint density at radius 2 is 1.24 bits per heavy atom. The molecule has 0 spiro atoms. The molecule has 0 aromatic heterocycles. The van der Waals surface area contributed by atoms with E-state index in [9.17, 15) is 0 Å². The molecule has 1 nitrogen and oxygen atoms in total. The Bertz CT molecular complexity index is 321. The van der Waals surface area contributed by atoms with E-state index < -0.39 is 0 Å². The van der Waals surface area contributed by atoms with Crippen molar-refractivity contribution in [2.75, 3.05) is 0 Å². The van der Waals surface area contributed by atoms with Gasteiger partial charge in [-0.15, -0.1) is 29.8 Å². The molecule has 1 fully saturated rings. The molecule has 3 heteroatoms. The summed E-state index contributed by atoms with van der Waals surface area (Å²) in [5.41, 5.74) is 0. The number of hydrogen-bond acceptors (Lipinski definition) is 1.